The van der Waals surface area contributed by atoms with Crippen LogP contribution in [-0.4, -0.2) is 67.6 Å². The van der Waals surface area contributed by atoms with E-state index >= 15 is 0 Å². The minimum atomic E-state index is -3.15. The van der Waals surface area contributed by atoms with Crippen molar-refractivity contribution >= 4 is 15.9 Å². The second kappa shape index (κ2) is 7.96. The van der Waals surface area contributed by atoms with Gasteiger partial charge in [-0.25, -0.2) is 13.2 Å². The van der Waals surface area contributed by atoms with Crippen LogP contribution >= 0.6 is 0 Å². The first-order chi connectivity index (χ1) is 12.4. The Balaban J connectivity index is 1.79. The van der Waals surface area contributed by atoms with Gasteiger partial charge in [0.1, 0.15) is 0 Å². The zero-order valence-electron chi connectivity index (χ0n) is 15.6. The molecule has 2 aliphatic heterocycles. The third kappa shape index (κ3) is 4.04. The molecular formula is C19H28N2O4S. The average Bonchev–Trinajstić information content (AvgIpc) is 2.95. The molecule has 2 heterocycles. The first-order valence-electron chi connectivity index (χ1n) is 9.39. The van der Waals surface area contributed by atoms with Crippen molar-refractivity contribution in [2.45, 2.75) is 45.3 Å². The standard InChI is InChI=1S/C19H28N2O4S/c1-3-11-25-19(22)21-10-9-20(17-13-26(23,24)14-18(17)21)12-16-8-6-5-7-15(16)4-2/h5-8,17-18H,3-4,9-14H2,1-2H3. The number of amides is 1. The fourth-order valence-corrected chi connectivity index (χ4v) is 6.01. The monoisotopic (exact) mass is 380 g/mol. The maximum atomic E-state index is 12.4. The van der Waals surface area contributed by atoms with Crippen LogP contribution in [0.25, 0.3) is 0 Å². The molecule has 1 amide bonds. The van der Waals surface area contributed by atoms with E-state index in [2.05, 4.69) is 24.0 Å². The van der Waals surface area contributed by atoms with Gasteiger partial charge in [-0.05, 0) is 24.0 Å². The molecule has 2 unspecified atom stereocenters. The van der Waals surface area contributed by atoms with Crippen molar-refractivity contribution in [2.75, 3.05) is 31.2 Å². The molecule has 0 bridgehead atoms. The van der Waals surface area contributed by atoms with Gasteiger partial charge in [0.2, 0.25) is 0 Å². The third-order valence-electron chi connectivity index (χ3n) is 5.33. The van der Waals surface area contributed by atoms with Gasteiger partial charge < -0.3 is 9.64 Å². The number of sulfone groups is 1. The summed E-state index contributed by atoms with van der Waals surface area (Å²) >= 11 is 0. The van der Waals surface area contributed by atoms with Crippen LogP contribution in [0.2, 0.25) is 0 Å². The van der Waals surface area contributed by atoms with Crippen molar-refractivity contribution in [3.8, 4) is 0 Å². The Labute approximate surface area is 156 Å². The van der Waals surface area contributed by atoms with Gasteiger partial charge in [-0.1, -0.05) is 38.1 Å². The van der Waals surface area contributed by atoms with Gasteiger partial charge in [0.25, 0.3) is 0 Å². The lowest BCUT2D eigenvalue weighted by Gasteiger charge is -2.43. The van der Waals surface area contributed by atoms with Crippen molar-refractivity contribution in [1.29, 1.82) is 0 Å². The van der Waals surface area contributed by atoms with Crippen LogP contribution in [0.5, 0.6) is 0 Å². The number of hydrogen-bond acceptors (Lipinski definition) is 5. The van der Waals surface area contributed by atoms with E-state index in [1.54, 1.807) is 4.90 Å². The fraction of sp³-hybridized carbons (Fsp3) is 0.632. The van der Waals surface area contributed by atoms with Crippen LogP contribution in [-0.2, 0) is 27.5 Å². The van der Waals surface area contributed by atoms with E-state index in [0.717, 1.165) is 19.4 Å². The summed E-state index contributed by atoms with van der Waals surface area (Å²) in [5.41, 5.74) is 2.52. The van der Waals surface area contributed by atoms with E-state index in [9.17, 15) is 13.2 Å². The molecule has 0 aromatic heterocycles. The molecular weight excluding hydrogens is 352 g/mol. The van der Waals surface area contributed by atoms with Crippen molar-refractivity contribution in [1.82, 2.24) is 9.80 Å². The van der Waals surface area contributed by atoms with Gasteiger partial charge >= 0.3 is 6.09 Å². The van der Waals surface area contributed by atoms with Gasteiger partial charge in [-0.15, -0.1) is 0 Å². The maximum Gasteiger partial charge on any atom is 0.410 e. The first kappa shape index (κ1) is 19.2. The molecule has 2 atom stereocenters. The highest BCUT2D eigenvalue weighted by Crippen LogP contribution is 2.29. The molecule has 0 saturated carbocycles. The summed E-state index contributed by atoms with van der Waals surface area (Å²) in [6.07, 6.45) is 1.32. The van der Waals surface area contributed by atoms with Gasteiger partial charge in [0.15, 0.2) is 9.84 Å². The van der Waals surface area contributed by atoms with Crippen molar-refractivity contribution < 1.29 is 17.9 Å². The number of hydrogen-bond donors (Lipinski definition) is 0. The Morgan fingerprint density at radius 2 is 1.81 bits per heavy atom. The minimum Gasteiger partial charge on any atom is -0.449 e. The summed E-state index contributed by atoms with van der Waals surface area (Å²) in [7, 11) is -3.15. The van der Waals surface area contributed by atoms with Crippen LogP contribution in [0.3, 0.4) is 0 Å². The van der Waals surface area contributed by atoms with E-state index < -0.39 is 9.84 Å². The summed E-state index contributed by atoms with van der Waals surface area (Å²) in [6.45, 7) is 6.33. The fourth-order valence-electron chi connectivity index (χ4n) is 4.00. The zero-order chi connectivity index (χ0) is 18.7. The molecule has 0 spiro atoms. The van der Waals surface area contributed by atoms with E-state index in [4.69, 9.17) is 4.74 Å². The van der Waals surface area contributed by atoms with Crippen LogP contribution < -0.4 is 0 Å². The van der Waals surface area contributed by atoms with Crippen molar-refractivity contribution in [3.05, 3.63) is 35.4 Å². The molecule has 7 heteroatoms. The second-order valence-electron chi connectivity index (χ2n) is 7.11. The molecule has 0 N–H and O–H groups in total. The lowest BCUT2D eigenvalue weighted by atomic mass is 10.0. The molecule has 2 fully saturated rings. The Bertz CT molecular complexity index is 750. The van der Waals surface area contributed by atoms with Crippen LogP contribution in [0.15, 0.2) is 24.3 Å². The second-order valence-corrected chi connectivity index (χ2v) is 9.27. The molecule has 1 aromatic carbocycles. The van der Waals surface area contributed by atoms with Gasteiger partial charge in [0, 0.05) is 25.7 Å². The van der Waals surface area contributed by atoms with E-state index in [0.29, 0.717) is 19.7 Å². The number of nitrogens with zero attached hydrogens (tertiary/aromatic N) is 2. The van der Waals surface area contributed by atoms with E-state index in [1.807, 2.05) is 19.1 Å². The highest BCUT2D eigenvalue weighted by Gasteiger charge is 2.48. The molecule has 3 rings (SSSR count). The van der Waals surface area contributed by atoms with Gasteiger partial charge in [-0.2, -0.15) is 0 Å². The van der Waals surface area contributed by atoms with Crippen molar-refractivity contribution in [3.63, 3.8) is 0 Å². The maximum absolute atomic E-state index is 12.4. The molecule has 2 saturated heterocycles. The number of aryl methyl sites for hydroxylation is 1. The summed E-state index contributed by atoms with van der Waals surface area (Å²) in [5, 5.41) is 0. The largest absolute Gasteiger partial charge is 0.449 e. The van der Waals surface area contributed by atoms with Crippen LogP contribution in [0.4, 0.5) is 4.79 Å². The Morgan fingerprint density at radius 1 is 1.12 bits per heavy atom. The van der Waals surface area contributed by atoms with Crippen molar-refractivity contribution in [2.24, 2.45) is 0 Å². The smallest absolute Gasteiger partial charge is 0.410 e. The minimum absolute atomic E-state index is 0.0326. The molecule has 6 nitrogen and oxygen atoms in total. The number of ether oxygens (including phenoxy) is 1. The summed E-state index contributed by atoms with van der Waals surface area (Å²) in [4.78, 5) is 16.2. The molecule has 144 valence electrons. The zero-order valence-corrected chi connectivity index (χ0v) is 16.4. The summed E-state index contributed by atoms with van der Waals surface area (Å²) in [6, 6.07) is 7.82. The predicted molar refractivity (Wildman–Crippen MR) is 101 cm³/mol. The van der Waals surface area contributed by atoms with E-state index in [-0.39, 0.29) is 29.7 Å². The lowest BCUT2D eigenvalue weighted by Crippen LogP contribution is -2.60. The summed E-state index contributed by atoms with van der Waals surface area (Å²) in [5.74, 6) is 0.147. The van der Waals surface area contributed by atoms with Gasteiger partial charge in [0.05, 0.1) is 24.2 Å². The highest BCUT2D eigenvalue weighted by atomic mass is 32.2. The quantitative estimate of drug-likeness (QED) is 0.782. The normalized spacial score (nSPS) is 25.1. The number of carbonyl (C=O) groups excluding carboxylic acids is 1. The topological polar surface area (TPSA) is 66.9 Å². The average molecular weight is 381 g/mol. The predicted octanol–water partition coefficient (Wildman–Crippen LogP) is 2.08. The highest BCUT2D eigenvalue weighted by molar-refractivity contribution is 7.91. The number of benzene rings is 1. The number of carbonyl (C=O) groups is 1. The molecule has 0 radical (unpaired) electrons. The number of fused-ring (bicyclic) bond motifs is 1. The molecule has 26 heavy (non-hydrogen) atoms. The SMILES string of the molecule is CCCOC(=O)N1CCN(Cc2ccccc2CC)C2CS(=O)(=O)CC21. The van der Waals surface area contributed by atoms with Gasteiger partial charge in [-0.3, -0.25) is 4.90 Å². The molecule has 1 aromatic rings. The Hall–Kier alpha value is -1.60. The first-order valence-corrected chi connectivity index (χ1v) is 11.2. The third-order valence-corrected chi connectivity index (χ3v) is 7.03. The number of piperazine rings is 1. The van der Waals surface area contributed by atoms with Crippen LogP contribution in [0, 0.1) is 0 Å². The van der Waals surface area contributed by atoms with Crippen LogP contribution in [0.1, 0.15) is 31.4 Å². The Morgan fingerprint density at radius 3 is 2.50 bits per heavy atom. The van der Waals surface area contributed by atoms with E-state index in [1.165, 1.54) is 11.1 Å². The molecule has 2 aliphatic rings. The molecule has 0 aliphatic carbocycles. The lowest BCUT2D eigenvalue weighted by molar-refractivity contribution is 0.0268. The Kier molecular flexibility index (Phi) is 5.87. The summed E-state index contributed by atoms with van der Waals surface area (Å²) < 4.78 is 29.9. The number of rotatable bonds is 5.